The molecule has 33 heteroatoms. The zero-order chi connectivity index (χ0) is 77.3. The predicted molar refractivity (Wildman–Crippen MR) is 385 cm³/mol. The Morgan fingerprint density at radius 2 is 0.644 bits per heavy atom. The third-order valence-electron chi connectivity index (χ3n) is 16.4. The van der Waals surface area contributed by atoms with Crippen molar-refractivity contribution in [3.05, 3.63) is 90.5 Å². The second kappa shape index (κ2) is 43.9. The smallest absolute Gasteiger partial charge is 0.245 e. The number of H-pyrrole nitrogens is 3. The number of aliphatic hydroxyl groups is 1. The number of nitrogens with two attached hydrogens (primary N) is 1. The highest BCUT2D eigenvalue weighted by Gasteiger charge is 2.38. The third-order valence-corrected chi connectivity index (χ3v) is 16.4. The molecule has 0 spiro atoms. The zero-order valence-corrected chi connectivity index (χ0v) is 62.0. The molecular formula is C71H111N19O14. The molecular weight excluding hydrogens is 1340 g/mol. The Hall–Kier alpha value is -9.92. The van der Waals surface area contributed by atoms with Gasteiger partial charge in [-0.15, -0.1) is 0 Å². The summed E-state index contributed by atoms with van der Waals surface area (Å²) in [7, 11) is 0. The van der Waals surface area contributed by atoms with Crippen molar-refractivity contribution < 1.29 is 67.4 Å². The van der Waals surface area contributed by atoms with Crippen LogP contribution in [0.1, 0.15) is 151 Å². The molecule has 4 aromatic rings. The van der Waals surface area contributed by atoms with Crippen LogP contribution >= 0.6 is 0 Å². The minimum atomic E-state index is -1.52. The van der Waals surface area contributed by atoms with Crippen molar-refractivity contribution in [2.75, 3.05) is 13.2 Å². The standard InChI is InChI=1S/C71H111N19O14/c1-38(2)19-49(33-91)80-71(104)59(34-92)90-70(103)58(28-48-32-75-37-78-48)89-67(100)54(24-43(11)12)84-65(98)52(22-41(7)8)85-69(102)57(27-47-31-74-36-77-47)88-66(99)53(23-42(9)10)83-64(97)51(21-40(5)6)82-61(94)44(13)79-62(95)56(26-46-30-73-35-76-46)87-68(101)55(25-45-17-15-14-16-18-45)86-63(96)50(20-39(3)4)81-60(93)29-72/h14-18,30-33,35-44,49-59,92H,19-29,34,72H2,1-13H3,(H,73,76)(H,74,77)(H,75,78)(H,79,95)(H,80,104)(H,81,93)(H,82,94)(H,83,97)(H,84,98)(H,85,102)(H,86,96)(H,87,101)(H,88,99)(H,89,100)(H,90,103)/t44-,49-,50-,51-,52-,53-,54-,55-,56-,57-,58-,59-/m0/s1. The fraction of sp³-hybridized carbons (Fsp3) is 0.606. The van der Waals surface area contributed by atoms with Crippen molar-refractivity contribution in [1.29, 1.82) is 0 Å². The first-order valence-electron chi connectivity index (χ1n) is 35.5. The lowest BCUT2D eigenvalue weighted by atomic mass is 9.98. The maximum Gasteiger partial charge on any atom is 0.245 e. The van der Waals surface area contributed by atoms with E-state index < -0.39 is 150 Å². The Morgan fingerprint density at radius 1 is 0.365 bits per heavy atom. The molecule has 12 atom stereocenters. The van der Waals surface area contributed by atoms with Gasteiger partial charge in [0.1, 0.15) is 72.7 Å². The minimum Gasteiger partial charge on any atom is -0.394 e. The van der Waals surface area contributed by atoms with E-state index in [1.54, 1.807) is 85.7 Å². The van der Waals surface area contributed by atoms with Crippen LogP contribution in [0.4, 0.5) is 0 Å². The van der Waals surface area contributed by atoms with Crippen molar-refractivity contribution >= 4 is 77.2 Å². The summed E-state index contributed by atoms with van der Waals surface area (Å²) >= 11 is 0. The molecule has 0 radical (unpaired) electrons. The molecule has 33 nitrogen and oxygen atoms in total. The van der Waals surface area contributed by atoms with Gasteiger partial charge in [-0.25, -0.2) is 15.0 Å². The van der Waals surface area contributed by atoms with Crippen LogP contribution in [0, 0.1) is 35.5 Å². The lowest BCUT2D eigenvalue weighted by molar-refractivity contribution is -0.136. The summed E-state index contributed by atoms with van der Waals surface area (Å²) in [4.78, 5) is 202. The normalized spacial score (nSPS) is 14.9. The van der Waals surface area contributed by atoms with Crippen molar-refractivity contribution in [3.8, 4) is 0 Å². The molecule has 0 aliphatic carbocycles. The van der Waals surface area contributed by atoms with Crippen LogP contribution < -0.4 is 69.5 Å². The highest BCUT2D eigenvalue weighted by molar-refractivity contribution is 5.99. The van der Waals surface area contributed by atoms with Crippen molar-refractivity contribution in [2.45, 2.75) is 227 Å². The lowest BCUT2D eigenvalue weighted by Crippen LogP contribution is -2.61. The topological polar surface area (TPSA) is 499 Å². The van der Waals surface area contributed by atoms with Gasteiger partial charge in [0, 0.05) is 61.4 Å². The van der Waals surface area contributed by atoms with Crippen LogP contribution in [-0.4, -0.2) is 198 Å². The Morgan fingerprint density at radius 3 is 0.942 bits per heavy atom. The van der Waals surface area contributed by atoms with Gasteiger partial charge in [-0.3, -0.25) is 57.5 Å². The number of aldehydes is 1. The van der Waals surface area contributed by atoms with Crippen LogP contribution in [0.15, 0.2) is 67.9 Å². The van der Waals surface area contributed by atoms with Crippen molar-refractivity contribution in [2.24, 2.45) is 41.2 Å². The molecule has 3 aromatic heterocycles. The maximum absolute atomic E-state index is 14.8. The van der Waals surface area contributed by atoms with Crippen LogP contribution in [0.3, 0.4) is 0 Å². The monoisotopic (exact) mass is 1450 g/mol. The van der Waals surface area contributed by atoms with Gasteiger partial charge in [-0.1, -0.05) is 113 Å². The number of amides is 12. The summed E-state index contributed by atoms with van der Waals surface area (Å²) in [6.45, 7) is 22.0. The zero-order valence-electron chi connectivity index (χ0n) is 62.0. The third kappa shape index (κ3) is 31.0. The number of benzene rings is 1. The van der Waals surface area contributed by atoms with Gasteiger partial charge in [0.05, 0.1) is 38.2 Å². The second-order valence-corrected chi connectivity index (χ2v) is 28.8. The predicted octanol–water partition coefficient (Wildman–Crippen LogP) is -0.610. The number of hydrogen-bond donors (Lipinski definition) is 17. The molecule has 4 rings (SSSR count). The van der Waals surface area contributed by atoms with Gasteiger partial charge in [0.2, 0.25) is 70.9 Å². The summed E-state index contributed by atoms with van der Waals surface area (Å²) in [6, 6.07) is -6.75. The fourth-order valence-corrected chi connectivity index (χ4v) is 11.3. The van der Waals surface area contributed by atoms with Gasteiger partial charge < -0.3 is 94.4 Å². The first kappa shape index (κ1) is 86.5. The number of aromatic nitrogens is 6. The number of imidazole rings is 3. The van der Waals surface area contributed by atoms with E-state index in [4.69, 9.17) is 5.73 Å². The van der Waals surface area contributed by atoms with Crippen LogP contribution in [0.5, 0.6) is 0 Å². The van der Waals surface area contributed by atoms with Gasteiger partial charge in [0.25, 0.3) is 0 Å². The molecule has 0 saturated heterocycles. The van der Waals surface area contributed by atoms with E-state index >= 15 is 0 Å². The fourth-order valence-electron chi connectivity index (χ4n) is 11.3. The molecule has 0 aliphatic heterocycles. The Bertz CT molecular complexity index is 3380. The Kier molecular flexibility index (Phi) is 36.5. The Balaban J connectivity index is 1.56. The van der Waals surface area contributed by atoms with E-state index in [0.29, 0.717) is 35.4 Å². The van der Waals surface area contributed by atoms with Crippen molar-refractivity contribution in [1.82, 2.24) is 93.7 Å². The van der Waals surface area contributed by atoms with E-state index in [1.165, 1.54) is 44.5 Å². The van der Waals surface area contributed by atoms with E-state index in [1.807, 2.05) is 27.7 Å². The van der Waals surface area contributed by atoms with E-state index in [-0.39, 0.29) is 99.8 Å². The first-order chi connectivity index (χ1) is 49.2. The highest BCUT2D eigenvalue weighted by atomic mass is 16.3. The molecule has 0 aliphatic rings. The minimum absolute atomic E-state index is 0.0195. The average Bonchev–Trinajstić information content (AvgIpc) is 0.965. The summed E-state index contributed by atoms with van der Waals surface area (Å²) in [5, 5.41) is 42.5. The molecule has 18 N–H and O–H groups in total. The molecule has 0 fully saturated rings. The number of aliphatic hydroxyl groups excluding tert-OH is 1. The van der Waals surface area contributed by atoms with E-state index in [0.717, 1.165) is 0 Å². The quantitative estimate of drug-likeness (QED) is 0.0245. The summed E-state index contributed by atoms with van der Waals surface area (Å²) in [5.74, 6) is -10.3. The van der Waals surface area contributed by atoms with Gasteiger partial charge in [-0.2, -0.15) is 0 Å². The maximum atomic E-state index is 14.8. The molecule has 3 heterocycles. The van der Waals surface area contributed by atoms with Crippen LogP contribution in [0.25, 0.3) is 0 Å². The number of hydrogen-bond acceptors (Lipinski definition) is 18. The molecule has 0 saturated carbocycles. The van der Waals surface area contributed by atoms with Crippen LogP contribution in [0.2, 0.25) is 0 Å². The SMILES string of the molecule is CC(C)C[C@@H](C=O)NC(=O)[C@H](CO)NC(=O)[C@H](Cc1cnc[nH]1)NC(=O)[C@H](CC(C)C)NC(=O)[C@H](CC(C)C)NC(=O)[C@H](Cc1cnc[nH]1)NC(=O)[C@H](CC(C)C)NC(=O)[C@H](CC(C)C)NC(=O)[C@H](C)NC(=O)[C@H](Cc1cnc[nH]1)NC(=O)[C@H](Cc1ccccc1)NC(=O)[C@H](CC(C)C)NC(=O)CN. The number of nitrogens with zero attached hydrogens (tertiary/aromatic N) is 3. The van der Waals surface area contributed by atoms with E-state index in [2.05, 4.69) is 93.7 Å². The first-order valence-corrected chi connectivity index (χ1v) is 35.5. The largest absolute Gasteiger partial charge is 0.394 e. The van der Waals surface area contributed by atoms with Crippen molar-refractivity contribution in [3.63, 3.8) is 0 Å². The number of rotatable bonds is 46. The number of nitrogens with one attached hydrogen (secondary N) is 15. The Labute approximate surface area is 607 Å². The van der Waals surface area contributed by atoms with Gasteiger partial charge >= 0.3 is 0 Å². The average molecular weight is 1450 g/mol. The molecule has 104 heavy (non-hydrogen) atoms. The highest BCUT2D eigenvalue weighted by Crippen LogP contribution is 2.16. The molecule has 12 amide bonds. The summed E-state index contributed by atoms with van der Waals surface area (Å²) < 4.78 is 0. The molecule has 0 unspecified atom stereocenters. The summed E-state index contributed by atoms with van der Waals surface area (Å²) in [5.41, 5.74) is 7.46. The number of carbonyl (C=O) groups is 13. The summed E-state index contributed by atoms with van der Waals surface area (Å²) in [6.07, 6.45) is 9.09. The second-order valence-electron chi connectivity index (χ2n) is 28.8. The molecule has 0 bridgehead atoms. The number of aromatic amines is 3. The van der Waals surface area contributed by atoms with Gasteiger partial charge in [0.15, 0.2) is 0 Å². The molecule has 1 aromatic carbocycles. The lowest BCUT2D eigenvalue weighted by Gasteiger charge is -2.29. The molecule has 574 valence electrons. The van der Waals surface area contributed by atoms with E-state index in [9.17, 15) is 67.4 Å². The number of carbonyl (C=O) groups excluding carboxylic acids is 13. The van der Waals surface area contributed by atoms with Crippen LogP contribution in [-0.2, 0) is 88.0 Å². The van der Waals surface area contributed by atoms with Gasteiger partial charge in [-0.05, 0) is 86.5 Å².